The van der Waals surface area contributed by atoms with Gasteiger partial charge in [-0.2, -0.15) is 0 Å². The van der Waals surface area contributed by atoms with Crippen molar-refractivity contribution in [3.8, 4) is 0 Å². The summed E-state index contributed by atoms with van der Waals surface area (Å²) in [6.45, 7) is 7.73. The molecule has 0 saturated carbocycles. The average Bonchev–Trinajstić information content (AvgIpc) is 2.76. The molecule has 2 heterocycles. The van der Waals surface area contributed by atoms with Gasteiger partial charge in [0.25, 0.3) is 0 Å². The van der Waals surface area contributed by atoms with E-state index in [1.807, 2.05) is 48.5 Å². The third-order valence-electron chi connectivity index (χ3n) is 5.25. The molecule has 0 spiro atoms. The monoisotopic (exact) mass is 436 g/mol. The smallest absolute Gasteiger partial charge is 0.234 e. The first-order valence-electron chi connectivity index (χ1n) is 10.7. The molecule has 0 bridgehead atoms. The number of fused-ring (bicyclic) bond motifs is 1. The Morgan fingerprint density at radius 1 is 1.06 bits per heavy atom. The summed E-state index contributed by atoms with van der Waals surface area (Å²) in [5.74, 6) is 1.05. The molecule has 2 aromatic carbocycles. The van der Waals surface area contributed by atoms with Crippen molar-refractivity contribution in [2.45, 2.75) is 44.4 Å². The second kappa shape index (κ2) is 9.66. The number of nitrogens with one attached hydrogen (secondary N) is 1. The molecule has 0 radical (unpaired) electrons. The van der Waals surface area contributed by atoms with Gasteiger partial charge in [0.05, 0.1) is 29.0 Å². The number of morpholine rings is 1. The van der Waals surface area contributed by atoms with Crippen LogP contribution < -0.4 is 10.2 Å². The number of benzene rings is 2. The van der Waals surface area contributed by atoms with Gasteiger partial charge < -0.3 is 15.0 Å². The first-order chi connectivity index (χ1) is 15.0. The van der Waals surface area contributed by atoms with Crippen molar-refractivity contribution in [1.29, 1.82) is 0 Å². The highest BCUT2D eigenvalue weighted by atomic mass is 32.2. The van der Waals surface area contributed by atoms with Crippen LogP contribution in [0.25, 0.3) is 11.0 Å². The standard InChI is InChI=1S/C24H28N4O2S/c1-4-18-9-5-6-10-19(18)25-22(29)15-31-24-23(28-13-16(2)30-17(3)14-28)26-20-11-7-8-12-21(20)27-24/h5-12,16-17H,4,13-15H2,1-3H3,(H,25,29)/t16-,17+. The second-order valence-electron chi connectivity index (χ2n) is 7.85. The van der Waals surface area contributed by atoms with Crippen LogP contribution in [0, 0.1) is 0 Å². The number of nitrogens with zero attached hydrogens (tertiary/aromatic N) is 3. The number of carbonyl (C=O) groups excluding carboxylic acids is 1. The number of thioether (sulfide) groups is 1. The number of aromatic nitrogens is 2. The maximum absolute atomic E-state index is 12.7. The van der Waals surface area contributed by atoms with Crippen molar-refractivity contribution in [2.24, 2.45) is 0 Å². The van der Waals surface area contributed by atoms with E-state index in [1.54, 1.807) is 0 Å². The molecule has 3 aromatic rings. The number of ether oxygens (including phenoxy) is 1. The van der Waals surface area contributed by atoms with Crippen LogP contribution in [0.3, 0.4) is 0 Å². The van der Waals surface area contributed by atoms with Crippen LogP contribution in [0.15, 0.2) is 53.6 Å². The van der Waals surface area contributed by atoms with Crippen molar-refractivity contribution < 1.29 is 9.53 Å². The molecule has 7 heteroatoms. The molecule has 1 aliphatic rings. The number of anilines is 2. The van der Waals surface area contributed by atoms with Gasteiger partial charge in [-0.3, -0.25) is 4.79 Å². The van der Waals surface area contributed by atoms with Crippen molar-refractivity contribution in [3.63, 3.8) is 0 Å². The van der Waals surface area contributed by atoms with Crippen LogP contribution in [0.4, 0.5) is 11.5 Å². The van der Waals surface area contributed by atoms with E-state index < -0.39 is 0 Å². The maximum atomic E-state index is 12.7. The van der Waals surface area contributed by atoms with Gasteiger partial charge in [0.1, 0.15) is 5.03 Å². The zero-order valence-electron chi connectivity index (χ0n) is 18.2. The Balaban J connectivity index is 1.56. The molecule has 1 amide bonds. The average molecular weight is 437 g/mol. The highest BCUT2D eigenvalue weighted by molar-refractivity contribution is 8.00. The summed E-state index contributed by atoms with van der Waals surface area (Å²) in [7, 11) is 0. The fraction of sp³-hybridized carbons (Fsp3) is 0.375. The van der Waals surface area contributed by atoms with E-state index in [4.69, 9.17) is 14.7 Å². The van der Waals surface area contributed by atoms with Crippen LogP contribution in [-0.4, -0.2) is 46.9 Å². The zero-order valence-corrected chi connectivity index (χ0v) is 19.0. The van der Waals surface area contributed by atoms with E-state index in [-0.39, 0.29) is 23.9 Å². The fourth-order valence-corrected chi connectivity index (χ4v) is 4.71. The predicted molar refractivity (Wildman–Crippen MR) is 127 cm³/mol. The minimum atomic E-state index is -0.0458. The third-order valence-corrected chi connectivity index (χ3v) is 6.21. The predicted octanol–water partition coefficient (Wildman–Crippen LogP) is 4.54. The molecular formula is C24H28N4O2S. The zero-order chi connectivity index (χ0) is 21.8. The lowest BCUT2D eigenvalue weighted by Gasteiger charge is -2.36. The molecule has 1 fully saturated rings. The van der Waals surface area contributed by atoms with Gasteiger partial charge in [0.2, 0.25) is 5.91 Å². The number of hydrogen-bond acceptors (Lipinski definition) is 6. The first-order valence-corrected chi connectivity index (χ1v) is 11.7. The second-order valence-corrected chi connectivity index (χ2v) is 8.81. The Labute approximate surface area is 187 Å². The van der Waals surface area contributed by atoms with E-state index in [1.165, 1.54) is 11.8 Å². The molecule has 2 atom stereocenters. The molecular weight excluding hydrogens is 408 g/mol. The summed E-state index contributed by atoms with van der Waals surface area (Å²) < 4.78 is 5.89. The molecule has 162 valence electrons. The van der Waals surface area contributed by atoms with Crippen LogP contribution in [0.5, 0.6) is 0 Å². The molecule has 31 heavy (non-hydrogen) atoms. The SMILES string of the molecule is CCc1ccccc1NC(=O)CSc1nc2ccccc2nc1N1C[C@@H](C)O[C@@H](C)C1. The number of para-hydroxylation sites is 3. The Morgan fingerprint density at radius 2 is 1.71 bits per heavy atom. The maximum Gasteiger partial charge on any atom is 0.234 e. The number of aryl methyl sites for hydroxylation is 1. The Hall–Kier alpha value is -2.64. The Morgan fingerprint density at radius 3 is 2.42 bits per heavy atom. The van der Waals surface area contributed by atoms with E-state index in [0.717, 1.165) is 52.6 Å². The minimum Gasteiger partial charge on any atom is -0.372 e. The topological polar surface area (TPSA) is 67.4 Å². The Bertz CT molecular complexity index is 1060. The van der Waals surface area contributed by atoms with Crippen molar-refractivity contribution >= 4 is 40.2 Å². The van der Waals surface area contributed by atoms with Gasteiger partial charge in [-0.25, -0.2) is 9.97 Å². The number of rotatable bonds is 6. The van der Waals surface area contributed by atoms with Gasteiger partial charge in [0, 0.05) is 18.8 Å². The van der Waals surface area contributed by atoms with Gasteiger partial charge in [-0.05, 0) is 44.0 Å². The molecule has 4 rings (SSSR count). The summed E-state index contributed by atoms with van der Waals surface area (Å²) >= 11 is 1.43. The molecule has 6 nitrogen and oxygen atoms in total. The lowest BCUT2D eigenvalue weighted by Crippen LogP contribution is -2.46. The van der Waals surface area contributed by atoms with E-state index in [9.17, 15) is 4.79 Å². The highest BCUT2D eigenvalue weighted by Crippen LogP contribution is 2.31. The van der Waals surface area contributed by atoms with Crippen LogP contribution >= 0.6 is 11.8 Å². The van der Waals surface area contributed by atoms with Crippen LogP contribution in [-0.2, 0) is 16.0 Å². The van der Waals surface area contributed by atoms with Crippen molar-refractivity contribution in [2.75, 3.05) is 29.1 Å². The van der Waals surface area contributed by atoms with Gasteiger partial charge in [0.15, 0.2) is 5.82 Å². The van der Waals surface area contributed by atoms with Crippen molar-refractivity contribution in [3.05, 3.63) is 54.1 Å². The lowest BCUT2D eigenvalue weighted by atomic mass is 10.1. The van der Waals surface area contributed by atoms with Crippen LogP contribution in [0.1, 0.15) is 26.3 Å². The normalized spacial score (nSPS) is 18.9. The van der Waals surface area contributed by atoms with Gasteiger partial charge in [-0.15, -0.1) is 0 Å². The van der Waals surface area contributed by atoms with E-state index >= 15 is 0 Å². The van der Waals surface area contributed by atoms with Gasteiger partial charge in [-0.1, -0.05) is 49.0 Å². The van der Waals surface area contributed by atoms with Crippen LogP contribution in [0.2, 0.25) is 0 Å². The van der Waals surface area contributed by atoms with E-state index in [0.29, 0.717) is 0 Å². The number of hydrogen-bond donors (Lipinski definition) is 1. The highest BCUT2D eigenvalue weighted by Gasteiger charge is 2.26. The summed E-state index contributed by atoms with van der Waals surface area (Å²) in [5, 5.41) is 3.82. The van der Waals surface area contributed by atoms with E-state index in [2.05, 4.69) is 31.0 Å². The number of amides is 1. The quantitative estimate of drug-likeness (QED) is 0.573. The first kappa shape index (κ1) is 21.6. The number of carbonyl (C=O) groups is 1. The summed E-state index contributed by atoms with van der Waals surface area (Å²) in [6, 6.07) is 15.8. The largest absolute Gasteiger partial charge is 0.372 e. The minimum absolute atomic E-state index is 0.0458. The summed E-state index contributed by atoms with van der Waals surface area (Å²) in [6.07, 6.45) is 1.10. The Kier molecular flexibility index (Phi) is 6.73. The molecule has 1 aromatic heterocycles. The third kappa shape index (κ3) is 5.17. The lowest BCUT2D eigenvalue weighted by molar-refractivity contribution is -0.113. The summed E-state index contributed by atoms with van der Waals surface area (Å²) in [4.78, 5) is 24.7. The molecule has 1 aliphatic heterocycles. The molecule has 0 unspecified atom stereocenters. The molecule has 1 saturated heterocycles. The van der Waals surface area contributed by atoms with Gasteiger partial charge >= 0.3 is 0 Å². The fourth-order valence-electron chi connectivity index (χ4n) is 3.90. The molecule has 0 aliphatic carbocycles. The van der Waals surface area contributed by atoms with Crippen molar-refractivity contribution in [1.82, 2.24) is 9.97 Å². The summed E-state index contributed by atoms with van der Waals surface area (Å²) in [5.41, 5.74) is 3.69. The molecule has 1 N–H and O–H groups in total.